The Morgan fingerprint density at radius 1 is 1.50 bits per heavy atom. The van der Waals surface area contributed by atoms with Crippen LogP contribution in [-0.2, 0) is 5.41 Å². The molecule has 14 heavy (non-hydrogen) atoms. The highest BCUT2D eigenvalue weighted by Gasteiger charge is 2.32. The van der Waals surface area contributed by atoms with Crippen LogP contribution >= 0.6 is 11.3 Å². The number of rotatable bonds is 2. The Labute approximate surface area is 88.4 Å². The molecule has 0 amide bonds. The second-order valence-corrected chi connectivity index (χ2v) is 5.78. The number of ketones is 1. The van der Waals surface area contributed by atoms with Crippen LogP contribution in [0.15, 0.2) is 5.38 Å². The lowest BCUT2D eigenvalue weighted by Crippen LogP contribution is -2.12. The van der Waals surface area contributed by atoms with Gasteiger partial charge in [-0.2, -0.15) is 0 Å². The molecule has 0 aliphatic heterocycles. The lowest BCUT2D eigenvalue weighted by molar-refractivity contribution is 0.0967. The molecule has 0 unspecified atom stereocenters. The van der Waals surface area contributed by atoms with Crippen molar-refractivity contribution in [2.75, 3.05) is 0 Å². The average Bonchev–Trinajstić information content (AvgIpc) is 2.79. The summed E-state index contributed by atoms with van der Waals surface area (Å²) in [5.41, 5.74) is 1.09. The van der Waals surface area contributed by atoms with Gasteiger partial charge >= 0.3 is 0 Å². The van der Waals surface area contributed by atoms with E-state index in [2.05, 4.69) is 25.8 Å². The van der Waals surface area contributed by atoms with Gasteiger partial charge in [0.2, 0.25) is 0 Å². The molecular formula is C11H15NOS. The summed E-state index contributed by atoms with van der Waals surface area (Å²) in [5, 5.41) is 2.72. The molecule has 1 saturated carbocycles. The zero-order valence-electron chi connectivity index (χ0n) is 8.83. The van der Waals surface area contributed by atoms with E-state index in [-0.39, 0.29) is 17.1 Å². The minimum Gasteiger partial charge on any atom is -0.291 e. The number of hydrogen-bond donors (Lipinski definition) is 0. The molecule has 0 bridgehead atoms. The summed E-state index contributed by atoms with van der Waals surface area (Å²) in [4.78, 5) is 16.1. The van der Waals surface area contributed by atoms with Gasteiger partial charge in [-0.15, -0.1) is 11.3 Å². The van der Waals surface area contributed by atoms with Gasteiger partial charge in [0, 0.05) is 16.7 Å². The lowest BCUT2D eigenvalue weighted by atomic mass is 9.93. The van der Waals surface area contributed by atoms with Crippen LogP contribution in [0.5, 0.6) is 0 Å². The molecule has 1 aliphatic rings. The Bertz CT molecular complexity index is 358. The molecule has 2 nitrogen and oxygen atoms in total. The Balaban J connectivity index is 2.21. The van der Waals surface area contributed by atoms with Gasteiger partial charge in [0.05, 0.1) is 5.69 Å². The van der Waals surface area contributed by atoms with E-state index in [0.717, 1.165) is 18.5 Å². The Kier molecular flexibility index (Phi) is 2.22. The van der Waals surface area contributed by atoms with Gasteiger partial charge in [-0.05, 0) is 12.8 Å². The van der Waals surface area contributed by atoms with Crippen molar-refractivity contribution in [2.45, 2.75) is 39.0 Å². The Morgan fingerprint density at radius 2 is 2.14 bits per heavy atom. The largest absolute Gasteiger partial charge is 0.291 e. The third kappa shape index (κ3) is 1.87. The van der Waals surface area contributed by atoms with Gasteiger partial charge in [0.15, 0.2) is 10.8 Å². The fourth-order valence-corrected chi connectivity index (χ4v) is 2.31. The summed E-state index contributed by atoms with van der Waals surface area (Å²) in [5.74, 6) is 0.541. The topological polar surface area (TPSA) is 30.0 Å². The first-order valence-corrected chi connectivity index (χ1v) is 5.86. The van der Waals surface area contributed by atoms with Crippen LogP contribution in [0.1, 0.15) is 49.1 Å². The fraction of sp³-hybridized carbons (Fsp3) is 0.636. The number of carbonyl (C=O) groups is 1. The fourth-order valence-electron chi connectivity index (χ4n) is 1.25. The van der Waals surface area contributed by atoms with Gasteiger partial charge < -0.3 is 0 Å². The third-order valence-corrected chi connectivity index (χ3v) is 3.29. The standard InChI is InChI=1S/C11H15NOS/c1-11(2,3)8-6-14-10(12-8)9(13)7-4-5-7/h6-7H,4-5H2,1-3H3. The number of carbonyl (C=O) groups excluding carboxylic acids is 1. The van der Waals surface area contributed by atoms with Crippen LogP contribution in [0.2, 0.25) is 0 Å². The highest BCUT2D eigenvalue weighted by Crippen LogP contribution is 2.34. The molecule has 0 saturated heterocycles. The molecule has 3 heteroatoms. The number of aromatic nitrogens is 1. The molecule has 1 aliphatic carbocycles. The second kappa shape index (κ2) is 3.16. The number of hydrogen-bond acceptors (Lipinski definition) is 3. The zero-order chi connectivity index (χ0) is 10.3. The van der Waals surface area contributed by atoms with Crippen molar-refractivity contribution in [1.29, 1.82) is 0 Å². The molecule has 0 spiro atoms. The molecule has 0 atom stereocenters. The molecular weight excluding hydrogens is 194 g/mol. The monoisotopic (exact) mass is 209 g/mol. The second-order valence-electron chi connectivity index (χ2n) is 4.93. The predicted octanol–water partition coefficient (Wildman–Crippen LogP) is 3.03. The van der Waals surface area contributed by atoms with E-state index in [0.29, 0.717) is 5.01 Å². The van der Waals surface area contributed by atoms with E-state index in [1.54, 1.807) is 0 Å². The van der Waals surface area contributed by atoms with E-state index >= 15 is 0 Å². The summed E-state index contributed by atoms with van der Waals surface area (Å²) in [6.07, 6.45) is 2.12. The predicted molar refractivity (Wildman–Crippen MR) is 57.9 cm³/mol. The Hall–Kier alpha value is -0.700. The molecule has 1 aromatic heterocycles. The maximum Gasteiger partial charge on any atom is 0.194 e. The number of nitrogens with zero attached hydrogens (tertiary/aromatic N) is 1. The summed E-state index contributed by atoms with van der Waals surface area (Å²) in [6.45, 7) is 6.36. The minimum absolute atomic E-state index is 0.0541. The van der Waals surface area contributed by atoms with Gasteiger partial charge in [-0.25, -0.2) is 4.98 Å². The average molecular weight is 209 g/mol. The van der Waals surface area contributed by atoms with Crippen LogP contribution in [0.4, 0.5) is 0 Å². The van der Waals surface area contributed by atoms with Crippen LogP contribution in [0.3, 0.4) is 0 Å². The van der Waals surface area contributed by atoms with Gasteiger partial charge in [-0.1, -0.05) is 20.8 Å². The van der Waals surface area contributed by atoms with Crippen molar-refractivity contribution in [3.63, 3.8) is 0 Å². The van der Waals surface area contributed by atoms with Crippen molar-refractivity contribution >= 4 is 17.1 Å². The smallest absolute Gasteiger partial charge is 0.194 e. The number of thiazole rings is 1. The summed E-state index contributed by atoms with van der Waals surface area (Å²) in [6, 6.07) is 0. The zero-order valence-corrected chi connectivity index (χ0v) is 9.65. The van der Waals surface area contributed by atoms with Crippen molar-refractivity contribution in [2.24, 2.45) is 5.92 Å². The lowest BCUT2D eigenvalue weighted by Gasteiger charge is -2.14. The minimum atomic E-state index is 0.0541. The third-order valence-electron chi connectivity index (χ3n) is 2.43. The SMILES string of the molecule is CC(C)(C)c1csc(C(=O)C2CC2)n1. The molecule has 1 heterocycles. The van der Waals surface area contributed by atoms with Crippen molar-refractivity contribution in [1.82, 2.24) is 4.98 Å². The maximum atomic E-state index is 11.7. The molecule has 1 aromatic rings. The first kappa shape index (κ1) is 9.84. The highest BCUT2D eigenvalue weighted by atomic mass is 32.1. The van der Waals surface area contributed by atoms with E-state index in [4.69, 9.17) is 0 Å². The number of Topliss-reactive ketones (excluding diaryl/α,β-unsaturated/α-hetero) is 1. The van der Waals surface area contributed by atoms with Crippen molar-refractivity contribution < 1.29 is 4.79 Å². The quantitative estimate of drug-likeness (QED) is 0.701. The molecule has 2 rings (SSSR count). The summed E-state index contributed by atoms with van der Waals surface area (Å²) < 4.78 is 0. The van der Waals surface area contributed by atoms with E-state index in [1.807, 2.05) is 5.38 Å². The van der Waals surface area contributed by atoms with Crippen molar-refractivity contribution in [3.05, 3.63) is 16.1 Å². The Morgan fingerprint density at radius 3 is 2.57 bits per heavy atom. The highest BCUT2D eigenvalue weighted by molar-refractivity contribution is 7.11. The molecule has 0 aromatic carbocycles. The molecule has 0 N–H and O–H groups in total. The van der Waals surface area contributed by atoms with Gasteiger partial charge in [0.25, 0.3) is 0 Å². The summed E-state index contributed by atoms with van der Waals surface area (Å²) >= 11 is 1.49. The van der Waals surface area contributed by atoms with Gasteiger partial charge in [-0.3, -0.25) is 4.79 Å². The van der Waals surface area contributed by atoms with Crippen LogP contribution in [0, 0.1) is 5.92 Å². The summed E-state index contributed by atoms with van der Waals surface area (Å²) in [7, 11) is 0. The van der Waals surface area contributed by atoms with Gasteiger partial charge in [0.1, 0.15) is 0 Å². The van der Waals surface area contributed by atoms with Crippen molar-refractivity contribution in [3.8, 4) is 0 Å². The first-order valence-electron chi connectivity index (χ1n) is 4.99. The van der Waals surface area contributed by atoms with Crippen LogP contribution in [0.25, 0.3) is 0 Å². The van der Waals surface area contributed by atoms with E-state index in [1.165, 1.54) is 11.3 Å². The van der Waals surface area contributed by atoms with E-state index < -0.39 is 0 Å². The maximum absolute atomic E-state index is 11.7. The van der Waals surface area contributed by atoms with E-state index in [9.17, 15) is 4.79 Å². The molecule has 0 radical (unpaired) electrons. The molecule has 1 fully saturated rings. The molecule has 76 valence electrons. The normalized spacial score (nSPS) is 17.1. The van der Waals surface area contributed by atoms with Crippen LogP contribution in [-0.4, -0.2) is 10.8 Å². The first-order chi connectivity index (χ1) is 6.48. The van der Waals surface area contributed by atoms with Crippen LogP contribution < -0.4 is 0 Å².